The molecule has 0 aliphatic heterocycles. The Balaban J connectivity index is 1.79. The first-order valence-electron chi connectivity index (χ1n) is 6.74. The first-order valence-corrected chi connectivity index (χ1v) is 7.50. The maximum Gasteiger partial charge on any atom is 0.344 e. The number of nitrogens with one attached hydrogen (secondary N) is 1. The van der Waals surface area contributed by atoms with Gasteiger partial charge in [0.05, 0.1) is 15.7 Å². The zero-order valence-corrected chi connectivity index (χ0v) is 13.7. The summed E-state index contributed by atoms with van der Waals surface area (Å²) in [4.78, 5) is 23.3. The monoisotopic (exact) mass is 371 g/mol. The lowest BCUT2D eigenvalue weighted by Gasteiger charge is -2.10. The fraction of sp³-hybridized carbons (Fsp3) is 0.125. The summed E-state index contributed by atoms with van der Waals surface area (Å²) in [5, 5.41) is 2.95. The molecule has 0 bridgehead atoms. The molecule has 0 unspecified atom stereocenters. The summed E-state index contributed by atoms with van der Waals surface area (Å²) in [6.07, 6.45) is 0. The molecule has 0 spiro atoms. The molecule has 2 rings (SSSR count). The summed E-state index contributed by atoms with van der Waals surface area (Å²) in [5.74, 6) is -2.12. The summed E-state index contributed by atoms with van der Waals surface area (Å²) in [5.41, 5.74) is 0.226. The number of ether oxygens (including phenoxy) is 2. The van der Waals surface area contributed by atoms with Crippen molar-refractivity contribution in [3.8, 4) is 5.75 Å². The van der Waals surface area contributed by atoms with Gasteiger partial charge in [-0.1, -0.05) is 41.4 Å². The summed E-state index contributed by atoms with van der Waals surface area (Å²) >= 11 is 11.8. The highest BCUT2D eigenvalue weighted by Crippen LogP contribution is 2.29. The van der Waals surface area contributed by atoms with Crippen molar-refractivity contribution in [2.45, 2.75) is 0 Å². The first kappa shape index (κ1) is 18.0. The van der Waals surface area contributed by atoms with Gasteiger partial charge in [-0.15, -0.1) is 0 Å². The predicted molar refractivity (Wildman–Crippen MR) is 87.9 cm³/mol. The molecule has 0 fully saturated rings. The third-order valence-electron chi connectivity index (χ3n) is 2.77. The smallest absolute Gasteiger partial charge is 0.344 e. The zero-order chi connectivity index (χ0) is 17.5. The molecular weight excluding hydrogens is 360 g/mol. The van der Waals surface area contributed by atoms with Gasteiger partial charge < -0.3 is 14.8 Å². The summed E-state index contributed by atoms with van der Waals surface area (Å²) in [7, 11) is 0. The molecule has 0 aromatic heterocycles. The maximum atomic E-state index is 13.3. The van der Waals surface area contributed by atoms with Gasteiger partial charge in [0, 0.05) is 0 Å². The Morgan fingerprint density at radius 3 is 2.33 bits per heavy atom. The van der Waals surface area contributed by atoms with Crippen LogP contribution in [-0.2, 0) is 14.3 Å². The lowest BCUT2D eigenvalue weighted by Crippen LogP contribution is -2.24. The van der Waals surface area contributed by atoms with Crippen LogP contribution in [0.25, 0.3) is 0 Å². The quantitative estimate of drug-likeness (QED) is 0.786. The van der Waals surface area contributed by atoms with Crippen molar-refractivity contribution in [3.05, 3.63) is 58.3 Å². The molecule has 0 aliphatic carbocycles. The van der Waals surface area contributed by atoms with Gasteiger partial charge in [0.15, 0.2) is 24.8 Å². The van der Waals surface area contributed by atoms with E-state index in [1.54, 1.807) is 24.3 Å². The molecule has 2 aromatic rings. The number of benzene rings is 2. The topological polar surface area (TPSA) is 64.6 Å². The molecule has 2 aromatic carbocycles. The molecule has 0 atom stereocenters. The Kier molecular flexibility index (Phi) is 6.40. The fourth-order valence-electron chi connectivity index (χ4n) is 1.68. The molecule has 0 aliphatic rings. The normalized spacial score (nSPS) is 10.1. The summed E-state index contributed by atoms with van der Waals surface area (Å²) in [6.45, 7) is -1.08. The van der Waals surface area contributed by atoms with E-state index in [1.807, 2.05) is 0 Å². The number of para-hydroxylation sites is 2. The first-order chi connectivity index (χ1) is 11.5. The second-order valence-corrected chi connectivity index (χ2v) is 5.34. The average Bonchev–Trinajstić information content (AvgIpc) is 2.56. The molecule has 1 amide bonds. The van der Waals surface area contributed by atoms with E-state index in [-0.39, 0.29) is 21.5 Å². The van der Waals surface area contributed by atoms with Crippen molar-refractivity contribution >= 4 is 40.8 Å². The van der Waals surface area contributed by atoms with E-state index in [0.717, 1.165) is 0 Å². The van der Waals surface area contributed by atoms with Gasteiger partial charge in [-0.25, -0.2) is 9.18 Å². The third-order valence-corrected chi connectivity index (χ3v) is 3.40. The Morgan fingerprint density at radius 2 is 1.67 bits per heavy atom. The van der Waals surface area contributed by atoms with Crippen molar-refractivity contribution in [2.24, 2.45) is 0 Å². The van der Waals surface area contributed by atoms with Crippen molar-refractivity contribution in [1.82, 2.24) is 0 Å². The standard InChI is InChI=1S/C16H12Cl2FNO4/c17-10-4-3-5-11(18)16(10)20-14(21)8-24-15(22)9-23-13-7-2-1-6-12(13)19/h1-7H,8-9H2,(H,20,21). The second-order valence-electron chi connectivity index (χ2n) is 4.52. The average molecular weight is 372 g/mol. The minimum absolute atomic E-state index is 0.0817. The largest absolute Gasteiger partial charge is 0.479 e. The summed E-state index contributed by atoms with van der Waals surface area (Å²) < 4.78 is 23.0. The van der Waals surface area contributed by atoms with Crippen LogP contribution in [0.15, 0.2) is 42.5 Å². The van der Waals surface area contributed by atoms with E-state index >= 15 is 0 Å². The number of amides is 1. The van der Waals surface area contributed by atoms with Gasteiger partial charge in [-0.05, 0) is 24.3 Å². The predicted octanol–water partition coefficient (Wildman–Crippen LogP) is 3.69. The van der Waals surface area contributed by atoms with Gasteiger partial charge in [0.1, 0.15) is 0 Å². The minimum atomic E-state index is -0.821. The second kappa shape index (κ2) is 8.52. The molecule has 1 N–H and O–H groups in total. The molecule has 0 heterocycles. The number of rotatable bonds is 6. The van der Waals surface area contributed by atoms with Crippen LogP contribution in [0.3, 0.4) is 0 Å². The lowest BCUT2D eigenvalue weighted by molar-refractivity contribution is -0.149. The van der Waals surface area contributed by atoms with Gasteiger partial charge >= 0.3 is 5.97 Å². The van der Waals surface area contributed by atoms with Crippen LogP contribution in [0.2, 0.25) is 10.0 Å². The minimum Gasteiger partial charge on any atom is -0.479 e. The van der Waals surface area contributed by atoms with Crippen LogP contribution < -0.4 is 10.1 Å². The number of esters is 1. The molecule has 0 saturated heterocycles. The highest BCUT2D eigenvalue weighted by Gasteiger charge is 2.13. The van der Waals surface area contributed by atoms with Crippen LogP contribution >= 0.6 is 23.2 Å². The number of carbonyl (C=O) groups excluding carboxylic acids is 2. The number of halogens is 3. The fourth-order valence-corrected chi connectivity index (χ4v) is 2.17. The van der Waals surface area contributed by atoms with Crippen molar-refractivity contribution in [2.75, 3.05) is 18.5 Å². The van der Waals surface area contributed by atoms with Gasteiger partial charge in [-0.2, -0.15) is 0 Å². The maximum absolute atomic E-state index is 13.3. The van der Waals surface area contributed by atoms with Crippen LogP contribution in [0.4, 0.5) is 10.1 Å². The molecule has 0 radical (unpaired) electrons. The van der Waals surface area contributed by atoms with E-state index in [2.05, 4.69) is 5.32 Å². The Labute approximate surface area is 147 Å². The zero-order valence-electron chi connectivity index (χ0n) is 12.2. The Hall–Kier alpha value is -2.31. The third kappa shape index (κ3) is 5.11. The lowest BCUT2D eigenvalue weighted by atomic mass is 10.3. The van der Waals surface area contributed by atoms with E-state index in [0.29, 0.717) is 0 Å². The van der Waals surface area contributed by atoms with Gasteiger partial charge in [-0.3, -0.25) is 4.79 Å². The molecular formula is C16H12Cl2FNO4. The van der Waals surface area contributed by atoms with E-state index in [4.69, 9.17) is 32.7 Å². The number of anilines is 1. The highest BCUT2D eigenvalue weighted by molar-refractivity contribution is 6.39. The number of carbonyl (C=O) groups is 2. The molecule has 126 valence electrons. The van der Waals surface area contributed by atoms with Crippen LogP contribution in [0.1, 0.15) is 0 Å². The SMILES string of the molecule is O=C(COC(=O)COc1ccccc1F)Nc1c(Cl)cccc1Cl. The molecule has 24 heavy (non-hydrogen) atoms. The van der Waals surface area contributed by atoms with E-state index in [9.17, 15) is 14.0 Å². The van der Waals surface area contributed by atoms with E-state index in [1.165, 1.54) is 18.2 Å². The van der Waals surface area contributed by atoms with Crippen molar-refractivity contribution < 1.29 is 23.5 Å². The molecule has 0 saturated carbocycles. The molecule has 8 heteroatoms. The van der Waals surface area contributed by atoms with Crippen LogP contribution in [0, 0.1) is 5.82 Å². The highest BCUT2D eigenvalue weighted by atomic mass is 35.5. The van der Waals surface area contributed by atoms with Crippen molar-refractivity contribution in [3.63, 3.8) is 0 Å². The van der Waals surface area contributed by atoms with Gasteiger partial charge in [0.2, 0.25) is 0 Å². The van der Waals surface area contributed by atoms with Crippen LogP contribution in [0.5, 0.6) is 5.75 Å². The summed E-state index contributed by atoms with van der Waals surface area (Å²) in [6, 6.07) is 10.3. The van der Waals surface area contributed by atoms with Gasteiger partial charge in [0.25, 0.3) is 5.91 Å². The van der Waals surface area contributed by atoms with E-state index < -0.39 is 30.9 Å². The Bertz CT molecular complexity index is 734. The Morgan fingerprint density at radius 1 is 1.00 bits per heavy atom. The number of hydrogen-bond acceptors (Lipinski definition) is 4. The van der Waals surface area contributed by atoms with Crippen LogP contribution in [-0.4, -0.2) is 25.1 Å². The molecule has 5 nitrogen and oxygen atoms in total. The number of hydrogen-bond donors (Lipinski definition) is 1. The van der Waals surface area contributed by atoms with Crippen molar-refractivity contribution in [1.29, 1.82) is 0 Å².